The number of ether oxygens (including phenoxy) is 1. The molecule has 0 aliphatic heterocycles. The highest BCUT2D eigenvalue weighted by atomic mass is 16.5. The number of pyridine rings is 1. The number of nitrogens with zero attached hydrogens (tertiary/aromatic N) is 1. The summed E-state index contributed by atoms with van der Waals surface area (Å²) in [4.78, 5) is 4.36. The number of nitrogens with one attached hydrogen (secondary N) is 1. The maximum Gasteiger partial charge on any atom is 0.145 e. The highest BCUT2D eigenvalue weighted by molar-refractivity contribution is 5.84. The van der Waals surface area contributed by atoms with Gasteiger partial charge in [0.05, 0.1) is 12.4 Å². The molecule has 1 heterocycles. The van der Waals surface area contributed by atoms with Crippen molar-refractivity contribution in [3.8, 4) is 5.75 Å². The van der Waals surface area contributed by atoms with Crippen molar-refractivity contribution in [2.24, 2.45) is 11.1 Å². The van der Waals surface area contributed by atoms with Crippen LogP contribution in [0.5, 0.6) is 5.75 Å². The van der Waals surface area contributed by atoms with Crippen molar-refractivity contribution in [3.05, 3.63) is 36.5 Å². The van der Waals surface area contributed by atoms with Gasteiger partial charge in [0.2, 0.25) is 0 Å². The molecule has 0 amide bonds. The molecule has 2 aromatic rings. The molecule has 3 N–H and O–H groups in total. The fourth-order valence-corrected chi connectivity index (χ4v) is 2.02. The van der Waals surface area contributed by atoms with Gasteiger partial charge in [0.15, 0.2) is 0 Å². The van der Waals surface area contributed by atoms with Gasteiger partial charge < -0.3 is 10.5 Å². The fourth-order valence-electron chi connectivity index (χ4n) is 2.02. The van der Waals surface area contributed by atoms with Crippen molar-refractivity contribution in [1.29, 1.82) is 5.41 Å². The molecule has 4 heteroatoms. The van der Waals surface area contributed by atoms with Gasteiger partial charge in [-0.15, -0.1) is 0 Å². The number of aromatic nitrogens is 1. The molecule has 20 heavy (non-hydrogen) atoms. The molecule has 0 saturated carbocycles. The summed E-state index contributed by atoms with van der Waals surface area (Å²) >= 11 is 0. The minimum atomic E-state index is -0.264. The predicted molar refractivity (Wildman–Crippen MR) is 82.2 cm³/mol. The number of nitrogens with two attached hydrogens (primary N) is 1. The summed E-state index contributed by atoms with van der Waals surface area (Å²) in [5, 5.41) is 8.61. The van der Waals surface area contributed by atoms with E-state index < -0.39 is 0 Å². The number of para-hydroxylation sites is 1. The van der Waals surface area contributed by atoms with Crippen LogP contribution in [-0.2, 0) is 0 Å². The van der Waals surface area contributed by atoms with Gasteiger partial charge in [-0.05, 0) is 25.0 Å². The number of benzene rings is 1. The molecule has 1 aromatic heterocycles. The Morgan fingerprint density at radius 2 is 2.05 bits per heavy atom. The average molecular weight is 271 g/mol. The van der Waals surface area contributed by atoms with E-state index in [-0.39, 0.29) is 11.3 Å². The standard InChI is InChI=1S/C16H21N3O/c1-16(2,15(17)18)9-5-11-20-13-8-3-6-12-7-4-10-19-14(12)13/h3-4,6-8,10H,5,9,11H2,1-2H3,(H3,17,18). The Morgan fingerprint density at radius 3 is 2.80 bits per heavy atom. The second kappa shape index (κ2) is 5.90. The lowest BCUT2D eigenvalue weighted by atomic mass is 9.87. The summed E-state index contributed by atoms with van der Waals surface area (Å²) < 4.78 is 5.82. The molecule has 2 rings (SSSR count). The van der Waals surface area contributed by atoms with Crippen LogP contribution < -0.4 is 10.5 Å². The predicted octanol–water partition coefficient (Wildman–Crippen LogP) is 3.36. The lowest BCUT2D eigenvalue weighted by molar-refractivity contribution is 0.289. The minimum Gasteiger partial charge on any atom is -0.491 e. The smallest absolute Gasteiger partial charge is 0.145 e. The molecule has 0 atom stereocenters. The van der Waals surface area contributed by atoms with Crippen molar-refractivity contribution in [1.82, 2.24) is 4.98 Å². The Morgan fingerprint density at radius 1 is 1.30 bits per heavy atom. The summed E-state index contributed by atoms with van der Waals surface area (Å²) in [6, 6.07) is 9.87. The maximum atomic E-state index is 7.53. The summed E-state index contributed by atoms with van der Waals surface area (Å²) in [5.41, 5.74) is 6.20. The van der Waals surface area contributed by atoms with Crippen molar-refractivity contribution in [3.63, 3.8) is 0 Å². The summed E-state index contributed by atoms with van der Waals surface area (Å²) in [6.45, 7) is 4.57. The molecular weight excluding hydrogens is 250 g/mol. The van der Waals surface area contributed by atoms with E-state index in [1.54, 1.807) is 6.20 Å². The van der Waals surface area contributed by atoms with E-state index in [2.05, 4.69) is 4.98 Å². The van der Waals surface area contributed by atoms with Crippen LogP contribution in [0.1, 0.15) is 26.7 Å². The maximum absolute atomic E-state index is 7.53. The summed E-state index contributed by atoms with van der Waals surface area (Å²) in [7, 11) is 0. The van der Waals surface area contributed by atoms with Crippen molar-refractivity contribution >= 4 is 16.7 Å². The minimum absolute atomic E-state index is 0.226. The van der Waals surface area contributed by atoms with Gasteiger partial charge in [-0.1, -0.05) is 32.0 Å². The number of rotatable bonds is 6. The van der Waals surface area contributed by atoms with E-state index in [4.69, 9.17) is 15.9 Å². The van der Waals surface area contributed by atoms with Gasteiger partial charge in [-0.2, -0.15) is 0 Å². The van der Waals surface area contributed by atoms with E-state index in [9.17, 15) is 0 Å². The Kier molecular flexibility index (Phi) is 4.23. The van der Waals surface area contributed by atoms with Gasteiger partial charge >= 0.3 is 0 Å². The first-order valence-electron chi connectivity index (χ1n) is 6.82. The first-order chi connectivity index (χ1) is 9.50. The molecule has 0 aliphatic rings. The molecule has 0 bridgehead atoms. The fraction of sp³-hybridized carbons (Fsp3) is 0.375. The van der Waals surface area contributed by atoms with E-state index >= 15 is 0 Å². The lowest BCUT2D eigenvalue weighted by Gasteiger charge is -2.22. The first-order valence-corrected chi connectivity index (χ1v) is 6.82. The highest BCUT2D eigenvalue weighted by Crippen LogP contribution is 2.25. The van der Waals surface area contributed by atoms with Crippen molar-refractivity contribution < 1.29 is 4.74 Å². The van der Waals surface area contributed by atoms with Crippen LogP contribution in [0.25, 0.3) is 10.9 Å². The van der Waals surface area contributed by atoms with Crippen molar-refractivity contribution in [2.45, 2.75) is 26.7 Å². The normalized spacial score (nSPS) is 11.5. The zero-order chi connectivity index (χ0) is 14.6. The number of amidine groups is 1. The van der Waals surface area contributed by atoms with Gasteiger partial charge in [-0.25, -0.2) is 0 Å². The van der Waals surface area contributed by atoms with Gasteiger partial charge in [0, 0.05) is 17.0 Å². The first kappa shape index (κ1) is 14.3. The van der Waals surface area contributed by atoms with Crippen LogP contribution in [0.15, 0.2) is 36.5 Å². The van der Waals surface area contributed by atoms with Crippen LogP contribution in [-0.4, -0.2) is 17.4 Å². The Bertz CT molecular complexity index is 602. The van der Waals surface area contributed by atoms with E-state index in [0.717, 1.165) is 29.5 Å². The summed E-state index contributed by atoms with van der Waals surface area (Å²) in [6.07, 6.45) is 3.46. The monoisotopic (exact) mass is 271 g/mol. The third kappa shape index (κ3) is 3.26. The number of hydrogen-bond acceptors (Lipinski definition) is 3. The molecule has 106 valence electrons. The third-order valence-electron chi connectivity index (χ3n) is 3.53. The number of fused-ring (bicyclic) bond motifs is 1. The van der Waals surface area contributed by atoms with Gasteiger partial charge in [0.25, 0.3) is 0 Å². The molecular formula is C16H21N3O. The van der Waals surface area contributed by atoms with Crippen LogP contribution >= 0.6 is 0 Å². The van der Waals surface area contributed by atoms with Crippen LogP contribution in [0.4, 0.5) is 0 Å². The molecule has 0 saturated heterocycles. The quantitative estimate of drug-likeness (QED) is 0.481. The molecule has 0 spiro atoms. The second-order valence-electron chi connectivity index (χ2n) is 5.58. The highest BCUT2D eigenvalue weighted by Gasteiger charge is 2.20. The second-order valence-corrected chi connectivity index (χ2v) is 5.58. The number of hydrogen-bond donors (Lipinski definition) is 2. The average Bonchev–Trinajstić information content (AvgIpc) is 2.43. The van der Waals surface area contributed by atoms with Crippen LogP contribution in [0, 0.1) is 10.8 Å². The Hall–Kier alpha value is -2.10. The molecule has 0 aliphatic carbocycles. The van der Waals surface area contributed by atoms with Crippen LogP contribution in [0.2, 0.25) is 0 Å². The zero-order valence-corrected chi connectivity index (χ0v) is 12.0. The molecule has 0 radical (unpaired) electrons. The Labute approximate surface area is 119 Å². The molecule has 0 unspecified atom stereocenters. The van der Waals surface area contributed by atoms with E-state index in [1.165, 1.54) is 0 Å². The largest absolute Gasteiger partial charge is 0.491 e. The Balaban J connectivity index is 1.95. The molecule has 4 nitrogen and oxygen atoms in total. The summed E-state index contributed by atoms with van der Waals surface area (Å²) in [5.74, 6) is 1.04. The topological polar surface area (TPSA) is 72.0 Å². The molecule has 1 aromatic carbocycles. The van der Waals surface area contributed by atoms with Crippen LogP contribution in [0.3, 0.4) is 0 Å². The third-order valence-corrected chi connectivity index (χ3v) is 3.53. The SMILES string of the molecule is CC(C)(CCCOc1cccc2cccnc12)C(=N)N. The van der Waals surface area contributed by atoms with Gasteiger partial charge in [0.1, 0.15) is 11.3 Å². The van der Waals surface area contributed by atoms with E-state index in [1.807, 2.05) is 44.2 Å². The van der Waals surface area contributed by atoms with Crippen molar-refractivity contribution in [2.75, 3.05) is 6.61 Å². The van der Waals surface area contributed by atoms with Gasteiger partial charge in [-0.3, -0.25) is 10.4 Å². The lowest BCUT2D eigenvalue weighted by Crippen LogP contribution is -2.31. The van der Waals surface area contributed by atoms with E-state index in [0.29, 0.717) is 6.61 Å². The molecule has 0 fully saturated rings. The zero-order valence-electron chi connectivity index (χ0n) is 12.0.